The van der Waals surface area contributed by atoms with Gasteiger partial charge in [0.15, 0.2) is 0 Å². The zero-order valence-corrected chi connectivity index (χ0v) is 13.1. The van der Waals surface area contributed by atoms with E-state index in [2.05, 4.69) is 37.2 Å². The van der Waals surface area contributed by atoms with Gasteiger partial charge in [-0.3, -0.25) is 0 Å². The molecule has 0 unspecified atom stereocenters. The zero-order valence-electron chi connectivity index (χ0n) is 9.18. The molecule has 0 spiro atoms. The molecule has 0 aliphatic carbocycles. The molecule has 0 fully saturated rings. The molecule has 94 valence electrons. The first-order valence-corrected chi connectivity index (χ1v) is 7.15. The van der Waals surface area contributed by atoms with Crippen molar-refractivity contribution >= 4 is 49.1 Å². The van der Waals surface area contributed by atoms with E-state index >= 15 is 0 Å². The highest BCUT2D eigenvalue weighted by molar-refractivity contribution is 9.11. The maximum absolute atomic E-state index is 13.2. The summed E-state index contributed by atoms with van der Waals surface area (Å²) >= 11 is 12.7. The van der Waals surface area contributed by atoms with E-state index in [1.807, 2.05) is 18.2 Å². The molecule has 0 aromatic heterocycles. The van der Waals surface area contributed by atoms with Gasteiger partial charge in [-0.1, -0.05) is 17.7 Å². The van der Waals surface area contributed by atoms with Gasteiger partial charge in [-0.15, -0.1) is 0 Å². The van der Waals surface area contributed by atoms with Crippen LogP contribution in [-0.4, -0.2) is 0 Å². The predicted molar refractivity (Wildman–Crippen MR) is 80.6 cm³/mol. The van der Waals surface area contributed by atoms with Crippen molar-refractivity contribution in [1.29, 1.82) is 0 Å². The number of para-hydroxylation sites is 1. The summed E-state index contributed by atoms with van der Waals surface area (Å²) < 4.78 is 15.1. The van der Waals surface area contributed by atoms with Gasteiger partial charge in [-0.05, 0) is 67.8 Å². The fourth-order valence-electron chi connectivity index (χ4n) is 1.57. The number of hydrogen-bond acceptors (Lipinski definition) is 1. The molecule has 1 N–H and O–H groups in total. The highest BCUT2D eigenvalue weighted by atomic mass is 79.9. The van der Waals surface area contributed by atoms with E-state index < -0.39 is 0 Å². The van der Waals surface area contributed by atoms with Gasteiger partial charge < -0.3 is 5.32 Å². The fourth-order valence-corrected chi connectivity index (χ4v) is 3.09. The van der Waals surface area contributed by atoms with Gasteiger partial charge in [0, 0.05) is 20.5 Å². The first-order valence-electron chi connectivity index (χ1n) is 5.19. The molecule has 0 amide bonds. The molecule has 5 heteroatoms. The molecule has 0 saturated heterocycles. The SMILES string of the molecule is Fc1cc(Cl)cc(CNc2c(Br)cccc2Br)c1. The number of benzene rings is 2. The van der Waals surface area contributed by atoms with Crippen LogP contribution in [0.1, 0.15) is 5.56 Å². The molecule has 0 saturated carbocycles. The lowest BCUT2D eigenvalue weighted by molar-refractivity contribution is 0.626. The maximum atomic E-state index is 13.2. The van der Waals surface area contributed by atoms with Gasteiger partial charge >= 0.3 is 0 Å². The van der Waals surface area contributed by atoms with Gasteiger partial charge in [-0.2, -0.15) is 0 Å². The number of hydrogen-bond donors (Lipinski definition) is 1. The van der Waals surface area contributed by atoms with E-state index in [0.29, 0.717) is 11.6 Å². The van der Waals surface area contributed by atoms with Crippen LogP contribution in [0, 0.1) is 5.82 Å². The Labute approximate surface area is 127 Å². The summed E-state index contributed by atoms with van der Waals surface area (Å²) in [6.07, 6.45) is 0. The van der Waals surface area contributed by atoms with Crippen LogP contribution in [0.2, 0.25) is 5.02 Å². The second-order valence-corrected chi connectivity index (χ2v) is 5.87. The summed E-state index contributed by atoms with van der Waals surface area (Å²) in [7, 11) is 0. The highest BCUT2D eigenvalue weighted by Crippen LogP contribution is 2.31. The van der Waals surface area contributed by atoms with Crippen LogP contribution < -0.4 is 5.32 Å². The van der Waals surface area contributed by atoms with Gasteiger partial charge in [0.1, 0.15) is 5.82 Å². The summed E-state index contributed by atoms with van der Waals surface area (Å²) in [5.74, 6) is -0.328. The molecule has 2 aromatic rings. The van der Waals surface area contributed by atoms with Crippen molar-refractivity contribution in [1.82, 2.24) is 0 Å². The predicted octanol–water partition coefficient (Wildman–Crippen LogP) is 5.62. The quantitative estimate of drug-likeness (QED) is 0.714. The molecule has 0 aliphatic heterocycles. The van der Waals surface area contributed by atoms with Crippen LogP contribution >= 0.6 is 43.5 Å². The van der Waals surface area contributed by atoms with Crippen molar-refractivity contribution < 1.29 is 4.39 Å². The van der Waals surface area contributed by atoms with Crippen LogP contribution in [0.3, 0.4) is 0 Å². The average molecular weight is 393 g/mol. The normalized spacial score (nSPS) is 10.4. The number of halogens is 4. The molecule has 2 rings (SSSR count). The number of rotatable bonds is 3. The molecule has 0 aliphatic rings. The third kappa shape index (κ3) is 3.46. The van der Waals surface area contributed by atoms with E-state index in [4.69, 9.17) is 11.6 Å². The molecule has 0 radical (unpaired) electrons. The Bertz CT molecular complexity index is 534. The van der Waals surface area contributed by atoms with Crippen LogP contribution in [-0.2, 0) is 6.54 Å². The molecule has 0 atom stereocenters. The Hall–Kier alpha value is -0.580. The molecule has 18 heavy (non-hydrogen) atoms. The molecule has 1 nitrogen and oxygen atoms in total. The van der Waals surface area contributed by atoms with Crippen molar-refractivity contribution in [3.8, 4) is 0 Å². The van der Waals surface area contributed by atoms with E-state index in [9.17, 15) is 4.39 Å². The first kappa shape index (κ1) is 13.8. The molecular formula is C13H9Br2ClFN. The largest absolute Gasteiger partial charge is 0.379 e. The van der Waals surface area contributed by atoms with E-state index in [0.717, 1.165) is 20.2 Å². The van der Waals surface area contributed by atoms with Crippen molar-refractivity contribution in [3.63, 3.8) is 0 Å². The second-order valence-electron chi connectivity index (χ2n) is 3.73. The Morgan fingerprint density at radius 2 is 1.78 bits per heavy atom. The standard InChI is InChI=1S/C13H9Br2ClFN/c14-11-2-1-3-12(15)13(11)18-7-8-4-9(16)6-10(17)5-8/h1-6,18H,7H2. The van der Waals surface area contributed by atoms with Crippen LogP contribution in [0.4, 0.5) is 10.1 Å². The highest BCUT2D eigenvalue weighted by Gasteiger charge is 2.05. The van der Waals surface area contributed by atoms with Crippen molar-refractivity contribution in [2.24, 2.45) is 0 Å². The Morgan fingerprint density at radius 3 is 2.39 bits per heavy atom. The second kappa shape index (κ2) is 6.04. The van der Waals surface area contributed by atoms with Crippen molar-refractivity contribution in [2.75, 3.05) is 5.32 Å². The Kier molecular flexibility index (Phi) is 4.65. The summed E-state index contributed by atoms with van der Waals surface area (Å²) in [5.41, 5.74) is 1.72. The smallest absolute Gasteiger partial charge is 0.125 e. The minimum absolute atomic E-state index is 0.328. The minimum Gasteiger partial charge on any atom is -0.379 e. The summed E-state index contributed by atoms with van der Waals surface area (Å²) in [6, 6.07) is 10.3. The molecule has 0 bridgehead atoms. The lowest BCUT2D eigenvalue weighted by Gasteiger charge is -2.11. The zero-order chi connectivity index (χ0) is 13.1. The molecule has 2 aromatic carbocycles. The van der Waals surface area contributed by atoms with E-state index in [1.165, 1.54) is 12.1 Å². The average Bonchev–Trinajstić information content (AvgIpc) is 2.27. The number of anilines is 1. The number of nitrogens with one attached hydrogen (secondary N) is 1. The van der Waals surface area contributed by atoms with Crippen molar-refractivity contribution in [2.45, 2.75) is 6.54 Å². The summed E-state index contributed by atoms with van der Waals surface area (Å²) in [6.45, 7) is 0.499. The monoisotopic (exact) mass is 391 g/mol. The van der Waals surface area contributed by atoms with Gasteiger partial charge in [0.25, 0.3) is 0 Å². The minimum atomic E-state index is -0.328. The third-order valence-corrected chi connectivity index (χ3v) is 3.89. The van der Waals surface area contributed by atoms with Gasteiger partial charge in [0.05, 0.1) is 5.69 Å². The van der Waals surface area contributed by atoms with Crippen LogP contribution in [0.25, 0.3) is 0 Å². The van der Waals surface area contributed by atoms with Crippen LogP contribution in [0.5, 0.6) is 0 Å². The first-order chi connectivity index (χ1) is 8.56. The third-order valence-electron chi connectivity index (χ3n) is 2.35. The molecular weight excluding hydrogens is 384 g/mol. The van der Waals surface area contributed by atoms with E-state index in [1.54, 1.807) is 6.07 Å². The summed E-state index contributed by atoms with van der Waals surface area (Å²) in [4.78, 5) is 0. The molecule has 0 heterocycles. The lowest BCUT2D eigenvalue weighted by Crippen LogP contribution is -2.01. The topological polar surface area (TPSA) is 12.0 Å². The van der Waals surface area contributed by atoms with Crippen LogP contribution in [0.15, 0.2) is 45.3 Å². The van der Waals surface area contributed by atoms with Crippen molar-refractivity contribution in [3.05, 3.63) is 61.7 Å². The van der Waals surface area contributed by atoms with E-state index in [-0.39, 0.29) is 5.82 Å². The lowest BCUT2D eigenvalue weighted by atomic mass is 10.2. The van der Waals surface area contributed by atoms with Gasteiger partial charge in [-0.25, -0.2) is 4.39 Å². The summed E-state index contributed by atoms with van der Waals surface area (Å²) in [5, 5.41) is 3.63. The van der Waals surface area contributed by atoms with Gasteiger partial charge in [0.2, 0.25) is 0 Å². The Morgan fingerprint density at radius 1 is 1.11 bits per heavy atom. The maximum Gasteiger partial charge on any atom is 0.125 e. The fraction of sp³-hybridized carbons (Fsp3) is 0.0769. The Balaban J connectivity index is 2.16.